The first-order chi connectivity index (χ1) is 8.81. The van der Waals surface area contributed by atoms with Crippen molar-refractivity contribution in [2.24, 2.45) is 0 Å². The van der Waals surface area contributed by atoms with Crippen molar-refractivity contribution in [2.75, 3.05) is 6.61 Å². The number of fused-ring (bicyclic) bond motifs is 1. The predicted octanol–water partition coefficient (Wildman–Crippen LogP) is 2.66. The first kappa shape index (κ1) is 12.0. The summed E-state index contributed by atoms with van der Waals surface area (Å²) in [5.41, 5.74) is 1.14. The van der Waals surface area contributed by atoms with E-state index in [4.69, 9.17) is 9.47 Å². The van der Waals surface area contributed by atoms with Crippen LogP contribution in [0.15, 0.2) is 24.3 Å². The Bertz CT molecular complexity index is 410. The molecule has 0 radical (unpaired) electrons. The monoisotopic (exact) mass is 248 g/mol. The van der Waals surface area contributed by atoms with Gasteiger partial charge < -0.3 is 14.6 Å². The van der Waals surface area contributed by atoms with E-state index in [1.807, 2.05) is 18.2 Å². The van der Waals surface area contributed by atoms with E-state index in [0.29, 0.717) is 0 Å². The van der Waals surface area contributed by atoms with Gasteiger partial charge in [0.1, 0.15) is 5.75 Å². The van der Waals surface area contributed by atoms with Crippen LogP contribution in [-0.2, 0) is 11.2 Å². The van der Waals surface area contributed by atoms with Crippen molar-refractivity contribution in [1.82, 2.24) is 0 Å². The average molecular weight is 248 g/mol. The van der Waals surface area contributed by atoms with Crippen molar-refractivity contribution in [2.45, 2.75) is 50.4 Å². The zero-order valence-electron chi connectivity index (χ0n) is 10.6. The zero-order chi connectivity index (χ0) is 12.4. The van der Waals surface area contributed by atoms with Gasteiger partial charge in [0.2, 0.25) is 5.79 Å². The molecule has 3 rings (SSSR count). The molecule has 1 aliphatic carbocycles. The largest absolute Gasteiger partial charge is 0.462 e. The van der Waals surface area contributed by atoms with Gasteiger partial charge >= 0.3 is 0 Å². The maximum absolute atomic E-state index is 9.48. The van der Waals surface area contributed by atoms with E-state index in [-0.39, 0.29) is 12.7 Å². The van der Waals surface area contributed by atoms with Crippen molar-refractivity contribution in [3.63, 3.8) is 0 Å². The minimum absolute atomic E-state index is 0.0550. The summed E-state index contributed by atoms with van der Waals surface area (Å²) in [4.78, 5) is 0. The number of rotatable bonds is 1. The molecule has 1 fully saturated rings. The summed E-state index contributed by atoms with van der Waals surface area (Å²) in [5.74, 6) is 0.425. The second-order valence-corrected chi connectivity index (χ2v) is 5.31. The molecule has 0 saturated heterocycles. The highest BCUT2D eigenvalue weighted by Gasteiger charge is 2.40. The predicted molar refractivity (Wildman–Crippen MR) is 68.5 cm³/mol. The summed E-state index contributed by atoms with van der Waals surface area (Å²) < 4.78 is 12.3. The molecule has 0 aromatic heterocycles. The number of hydrogen-bond donors (Lipinski definition) is 1. The lowest BCUT2D eigenvalue weighted by atomic mass is 9.94. The molecule has 18 heavy (non-hydrogen) atoms. The summed E-state index contributed by atoms with van der Waals surface area (Å²) in [7, 11) is 0. The Morgan fingerprint density at radius 1 is 1.17 bits per heavy atom. The Hall–Kier alpha value is -1.06. The average Bonchev–Trinajstić information content (AvgIpc) is 2.55. The van der Waals surface area contributed by atoms with E-state index < -0.39 is 5.79 Å². The molecule has 1 heterocycles. The van der Waals surface area contributed by atoms with Crippen LogP contribution in [0.2, 0.25) is 0 Å². The Morgan fingerprint density at radius 2 is 1.94 bits per heavy atom. The molecular weight excluding hydrogens is 228 g/mol. The normalized spacial score (nSPS) is 26.2. The highest BCUT2D eigenvalue weighted by atomic mass is 16.7. The molecule has 1 aromatic rings. The van der Waals surface area contributed by atoms with E-state index in [1.165, 1.54) is 6.42 Å². The van der Waals surface area contributed by atoms with Crippen molar-refractivity contribution >= 4 is 0 Å². The van der Waals surface area contributed by atoms with Crippen LogP contribution in [0.5, 0.6) is 5.75 Å². The van der Waals surface area contributed by atoms with Gasteiger partial charge in [-0.3, -0.25) is 0 Å². The Labute approximate surface area is 108 Å². The van der Waals surface area contributed by atoms with Crippen molar-refractivity contribution in [3.05, 3.63) is 29.8 Å². The number of hydrogen-bond acceptors (Lipinski definition) is 3. The first-order valence-electron chi connectivity index (χ1n) is 6.87. The number of para-hydroxylation sites is 1. The van der Waals surface area contributed by atoms with Gasteiger partial charge in [0.15, 0.2) is 0 Å². The second-order valence-electron chi connectivity index (χ2n) is 5.31. The fourth-order valence-electron chi connectivity index (χ4n) is 3.00. The Morgan fingerprint density at radius 3 is 2.72 bits per heavy atom. The third kappa shape index (κ3) is 2.25. The molecular formula is C15H20O3. The number of benzene rings is 1. The lowest BCUT2D eigenvalue weighted by Crippen LogP contribution is -2.44. The molecule has 1 unspecified atom stereocenters. The molecule has 1 saturated carbocycles. The lowest BCUT2D eigenvalue weighted by molar-refractivity contribution is -0.227. The van der Waals surface area contributed by atoms with E-state index >= 15 is 0 Å². The highest BCUT2D eigenvalue weighted by Crippen LogP contribution is 2.39. The Balaban J connectivity index is 1.93. The first-order valence-corrected chi connectivity index (χ1v) is 6.87. The van der Waals surface area contributed by atoms with E-state index in [1.54, 1.807) is 0 Å². The standard InChI is InChI=1S/C15H20O3/c16-11-13-10-12-6-2-3-7-14(12)18-15(17-13)8-4-1-5-9-15/h2-3,6-7,13,16H,1,4-5,8-11H2. The van der Waals surface area contributed by atoms with Gasteiger partial charge in [0, 0.05) is 19.3 Å². The molecule has 3 nitrogen and oxygen atoms in total. The highest BCUT2D eigenvalue weighted by molar-refractivity contribution is 5.35. The van der Waals surface area contributed by atoms with Crippen LogP contribution in [0, 0.1) is 0 Å². The smallest absolute Gasteiger partial charge is 0.210 e. The molecule has 2 aliphatic rings. The summed E-state index contributed by atoms with van der Waals surface area (Å²) in [6, 6.07) is 8.07. The van der Waals surface area contributed by atoms with Crippen LogP contribution in [0.25, 0.3) is 0 Å². The molecule has 0 amide bonds. The number of aliphatic hydroxyl groups excluding tert-OH is 1. The molecule has 1 spiro atoms. The van der Waals surface area contributed by atoms with Gasteiger partial charge in [-0.25, -0.2) is 0 Å². The van der Waals surface area contributed by atoms with Gasteiger partial charge in [-0.05, 0) is 24.5 Å². The molecule has 0 bridgehead atoms. The van der Waals surface area contributed by atoms with Crippen LogP contribution in [0.3, 0.4) is 0 Å². The Kier molecular flexibility index (Phi) is 3.27. The lowest BCUT2D eigenvalue weighted by Gasteiger charge is -2.37. The number of ether oxygens (including phenoxy) is 2. The number of aliphatic hydroxyl groups is 1. The summed E-state index contributed by atoms with van der Waals surface area (Å²) in [6.45, 7) is 0.0550. The molecule has 98 valence electrons. The van der Waals surface area contributed by atoms with Crippen molar-refractivity contribution in [3.8, 4) is 5.75 Å². The minimum atomic E-state index is -0.502. The van der Waals surface area contributed by atoms with Crippen molar-refractivity contribution in [1.29, 1.82) is 0 Å². The summed E-state index contributed by atoms with van der Waals surface area (Å²) in [5, 5.41) is 9.48. The van der Waals surface area contributed by atoms with E-state index in [2.05, 4.69) is 6.07 Å². The molecule has 1 N–H and O–H groups in total. The van der Waals surface area contributed by atoms with Gasteiger partial charge in [0.25, 0.3) is 0 Å². The van der Waals surface area contributed by atoms with Crippen LogP contribution in [0.1, 0.15) is 37.7 Å². The van der Waals surface area contributed by atoms with Gasteiger partial charge in [-0.1, -0.05) is 24.6 Å². The quantitative estimate of drug-likeness (QED) is 0.830. The fourth-order valence-corrected chi connectivity index (χ4v) is 3.00. The summed E-state index contributed by atoms with van der Waals surface area (Å²) in [6.07, 6.45) is 5.97. The third-order valence-corrected chi connectivity index (χ3v) is 3.92. The SMILES string of the molecule is OCC1Cc2ccccc2OC2(CCCCC2)O1. The van der Waals surface area contributed by atoms with Crippen LogP contribution in [-0.4, -0.2) is 23.6 Å². The third-order valence-electron chi connectivity index (χ3n) is 3.92. The zero-order valence-corrected chi connectivity index (χ0v) is 10.6. The molecule has 3 heteroatoms. The van der Waals surface area contributed by atoms with Crippen molar-refractivity contribution < 1.29 is 14.6 Å². The van der Waals surface area contributed by atoms with Crippen LogP contribution < -0.4 is 4.74 Å². The second kappa shape index (κ2) is 4.90. The molecule has 1 aliphatic heterocycles. The summed E-state index contributed by atoms with van der Waals surface area (Å²) >= 11 is 0. The molecule has 1 atom stereocenters. The van der Waals surface area contributed by atoms with Crippen LogP contribution in [0.4, 0.5) is 0 Å². The molecule has 1 aromatic carbocycles. The van der Waals surface area contributed by atoms with Gasteiger partial charge in [0.05, 0.1) is 12.7 Å². The van der Waals surface area contributed by atoms with E-state index in [0.717, 1.165) is 43.4 Å². The maximum Gasteiger partial charge on any atom is 0.210 e. The maximum atomic E-state index is 9.48. The fraction of sp³-hybridized carbons (Fsp3) is 0.600. The van der Waals surface area contributed by atoms with E-state index in [9.17, 15) is 5.11 Å². The minimum Gasteiger partial charge on any atom is -0.462 e. The van der Waals surface area contributed by atoms with Gasteiger partial charge in [-0.15, -0.1) is 0 Å². The van der Waals surface area contributed by atoms with Gasteiger partial charge in [-0.2, -0.15) is 0 Å². The topological polar surface area (TPSA) is 38.7 Å². The van der Waals surface area contributed by atoms with Crippen LogP contribution >= 0.6 is 0 Å².